The molecule has 0 atom stereocenters. The number of amidine groups is 1. The third-order valence-corrected chi connectivity index (χ3v) is 4.86. The lowest BCUT2D eigenvalue weighted by atomic mass is 9.89. The summed E-state index contributed by atoms with van der Waals surface area (Å²) in [6.07, 6.45) is 4.64. The first-order valence-corrected chi connectivity index (χ1v) is 7.74. The van der Waals surface area contributed by atoms with E-state index < -0.39 is 0 Å². The molecule has 4 heteroatoms. The Morgan fingerprint density at radius 1 is 1.37 bits per heavy atom. The van der Waals surface area contributed by atoms with E-state index >= 15 is 0 Å². The maximum Gasteiger partial charge on any atom is 0.144 e. The summed E-state index contributed by atoms with van der Waals surface area (Å²) in [6.45, 7) is 4.01. The van der Waals surface area contributed by atoms with E-state index in [2.05, 4.69) is 23.4 Å². The molecule has 0 spiro atoms. The lowest BCUT2D eigenvalue weighted by Crippen LogP contribution is -2.32. The summed E-state index contributed by atoms with van der Waals surface area (Å²) in [4.78, 5) is 1.33. The van der Waals surface area contributed by atoms with E-state index in [1.165, 1.54) is 35.3 Å². The van der Waals surface area contributed by atoms with Crippen molar-refractivity contribution in [2.75, 3.05) is 5.75 Å². The molecule has 3 nitrogen and oxygen atoms in total. The zero-order chi connectivity index (χ0) is 13.9. The Kier molecular flexibility index (Phi) is 4.40. The van der Waals surface area contributed by atoms with Gasteiger partial charge in [0.1, 0.15) is 5.84 Å². The second-order valence-electron chi connectivity index (χ2n) is 5.75. The van der Waals surface area contributed by atoms with E-state index in [0.29, 0.717) is 5.84 Å². The van der Waals surface area contributed by atoms with Crippen molar-refractivity contribution in [3.8, 4) is 0 Å². The topological polar surface area (TPSA) is 58.6 Å². The number of nitrogens with zero attached hydrogens (tertiary/aromatic N) is 1. The number of hydrogen-bond acceptors (Lipinski definition) is 3. The van der Waals surface area contributed by atoms with Crippen molar-refractivity contribution in [3.05, 3.63) is 29.3 Å². The molecule has 0 aliphatic heterocycles. The second kappa shape index (κ2) is 5.87. The number of thioether (sulfide) groups is 1. The largest absolute Gasteiger partial charge is 0.409 e. The van der Waals surface area contributed by atoms with Crippen molar-refractivity contribution in [2.24, 2.45) is 16.3 Å². The molecule has 0 unspecified atom stereocenters. The first-order valence-electron chi connectivity index (χ1n) is 6.75. The molecule has 0 saturated carbocycles. The summed E-state index contributed by atoms with van der Waals surface area (Å²) in [5.74, 6) is 1.28. The van der Waals surface area contributed by atoms with Gasteiger partial charge in [0.15, 0.2) is 0 Å². The minimum Gasteiger partial charge on any atom is -0.409 e. The number of fused-ring (bicyclic) bond motifs is 1. The maximum absolute atomic E-state index is 8.75. The van der Waals surface area contributed by atoms with Gasteiger partial charge < -0.3 is 10.9 Å². The van der Waals surface area contributed by atoms with Crippen molar-refractivity contribution in [2.45, 2.75) is 44.4 Å². The Hall–Kier alpha value is -1.16. The van der Waals surface area contributed by atoms with Gasteiger partial charge in [-0.25, -0.2) is 0 Å². The van der Waals surface area contributed by atoms with E-state index in [1.54, 1.807) is 0 Å². The molecule has 3 N–H and O–H groups in total. The third kappa shape index (κ3) is 3.44. The number of rotatable bonds is 5. The Morgan fingerprint density at radius 2 is 2.11 bits per heavy atom. The molecule has 2 rings (SSSR count). The zero-order valence-corrected chi connectivity index (χ0v) is 12.5. The minimum absolute atomic E-state index is 0.252. The molecule has 1 aromatic carbocycles. The highest BCUT2D eigenvalue weighted by Crippen LogP contribution is 2.30. The van der Waals surface area contributed by atoms with Crippen LogP contribution in [0.15, 0.2) is 28.3 Å². The van der Waals surface area contributed by atoms with E-state index in [1.807, 2.05) is 25.6 Å². The van der Waals surface area contributed by atoms with Crippen LogP contribution in [0.5, 0.6) is 0 Å². The molecule has 1 aliphatic rings. The van der Waals surface area contributed by atoms with Gasteiger partial charge in [-0.05, 0) is 54.7 Å². The standard InChI is InChI=1S/C15H22N2OS/c1-15(2,14(16)17-18)8-9-19-13-7-6-11-4-3-5-12(11)10-13/h6-7,10,18H,3-5,8-9H2,1-2H3,(H2,16,17). The number of benzene rings is 1. The van der Waals surface area contributed by atoms with Crippen LogP contribution in [0, 0.1) is 5.41 Å². The molecule has 0 amide bonds. The van der Waals surface area contributed by atoms with Gasteiger partial charge in [0.25, 0.3) is 0 Å². The van der Waals surface area contributed by atoms with Crippen molar-refractivity contribution in [1.82, 2.24) is 0 Å². The lowest BCUT2D eigenvalue weighted by molar-refractivity contribution is 0.307. The third-order valence-electron chi connectivity index (χ3n) is 3.87. The fourth-order valence-electron chi connectivity index (χ4n) is 2.33. The van der Waals surface area contributed by atoms with Crippen LogP contribution in [0.1, 0.15) is 37.8 Å². The van der Waals surface area contributed by atoms with E-state index in [0.717, 1.165) is 12.2 Å². The Balaban J connectivity index is 1.90. The molecule has 1 aliphatic carbocycles. The minimum atomic E-state index is -0.252. The average Bonchev–Trinajstić information content (AvgIpc) is 2.84. The molecule has 0 heterocycles. The molecule has 0 radical (unpaired) electrons. The van der Waals surface area contributed by atoms with Gasteiger partial charge in [-0.3, -0.25) is 0 Å². The normalized spacial score (nSPS) is 15.6. The van der Waals surface area contributed by atoms with Crippen LogP contribution in [-0.4, -0.2) is 16.8 Å². The smallest absolute Gasteiger partial charge is 0.144 e. The van der Waals surface area contributed by atoms with Crippen LogP contribution in [-0.2, 0) is 12.8 Å². The number of hydrogen-bond donors (Lipinski definition) is 2. The molecular weight excluding hydrogens is 256 g/mol. The van der Waals surface area contributed by atoms with E-state index in [9.17, 15) is 0 Å². The summed E-state index contributed by atoms with van der Waals surface area (Å²) in [7, 11) is 0. The Labute approximate surface area is 119 Å². The predicted molar refractivity (Wildman–Crippen MR) is 81.0 cm³/mol. The Bertz CT molecular complexity index is 483. The summed E-state index contributed by atoms with van der Waals surface area (Å²) < 4.78 is 0. The average molecular weight is 278 g/mol. The summed E-state index contributed by atoms with van der Waals surface area (Å²) in [5.41, 5.74) is 8.47. The van der Waals surface area contributed by atoms with E-state index in [4.69, 9.17) is 10.9 Å². The maximum atomic E-state index is 8.75. The van der Waals surface area contributed by atoms with E-state index in [-0.39, 0.29) is 5.41 Å². The van der Waals surface area contributed by atoms with Gasteiger partial charge in [0.2, 0.25) is 0 Å². The first-order chi connectivity index (χ1) is 9.03. The summed E-state index contributed by atoms with van der Waals surface area (Å²) in [6, 6.07) is 6.80. The van der Waals surface area contributed by atoms with Crippen molar-refractivity contribution in [3.63, 3.8) is 0 Å². The van der Waals surface area contributed by atoms with Crippen LogP contribution < -0.4 is 5.73 Å². The zero-order valence-electron chi connectivity index (χ0n) is 11.6. The van der Waals surface area contributed by atoms with Crippen LogP contribution in [0.3, 0.4) is 0 Å². The second-order valence-corrected chi connectivity index (χ2v) is 6.92. The number of aryl methyl sites for hydroxylation is 2. The molecular formula is C15H22N2OS. The predicted octanol–water partition coefficient (Wildman–Crippen LogP) is 3.43. The van der Waals surface area contributed by atoms with Gasteiger partial charge in [0.05, 0.1) is 0 Å². The molecule has 0 saturated heterocycles. The van der Waals surface area contributed by atoms with Crippen LogP contribution in [0.25, 0.3) is 0 Å². The molecule has 0 fully saturated rings. The van der Waals surface area contributed by atoms with Crippen LogP contribution in [0.4, 0.5) is 0 Å². The van der Waals surface area contributed by atoms with Gasteiger partial charge in [-0.1, -0.05) is 25.1 Å². The fourth-order valence-corrected chi connectivity index (χ4v) is 3.56. The van der Waals surface area contributed by atoms with Gasteiger partial charge in [-0.2, -0.15) is 0 Å². The quantitative estimate of drug-likeness (QED) is 0.285. The fraction of sp³-hybridized carbons (Fsp3) is 0.533. The van der Waals surface area contributed by atoms with Gasteiger partial charge in [0, 0.05) is 10.3 Å². The highest BCUT2D eigenvalue weighted by molar-refractivity contribution is 7.99. The van der Waals surface area contributed by atoms with Crippen LogP contribution >= 0.6 is 11.8 Å². The highest BCUT2D eigenvalue weighted by atomic mass is 32.2. The lowest BCUT2D eigenvalue weighted by Gasteiger charge is -2.22. The summed E-state index contributed by atoms with van der Waals surface area (Å²) >= 11 is 1.85. The molecule has 1 aromatic rings. The monoisotopic (exact) mass is 278 g/mol. The molecule has 0 aromatic heterocycles. The number of nitrogens with two attached hydrogens (primary N) is 1. The summed E-state index contributed by atoms with van der Waals surface area (Å²) in [5, 5.41) is 11.9. The molecule has 104 valence electrons. The van der Waals surface area contributed by atoms with Crippen molar-refractivity contribution < 1.29 is 5.21 Å². The van der Waals surface area contributed by atoms with Gasteiger partial charge >= 0.3 is 0 Å². The first kappa shape index (κ1) is 14.3. The Morgan fingerprint density at radius 3 is 2.84 bits per heavy atom. The molecule has 19 heavy (non-hydrogen) atoms. The number of oxime groups is 1. The SMILES string of the molecule is CC(C)(CCSc1ccc2c(c1)CCC2)C(N)=NO. The van der Waals surface area contributed by atoms with Crippen molar-refractivity contribution >= 4 is 17.6 Å². The van der Waals surface area contributed by atoms with Crippen LogP contribution in [0.2, 0.25) is 0 Å². The highest BCUT2D eigenvalue weighted by Gasteiger charge is 2.23. The van der Waals surface area contributed by atoms with Gasteiger partial charge in [-0.15, -0.1) is 11.8 Å². The molecule has 0 bridgehead atoms. The van der Waals surface area contributed by atoms with Crippen molar-refractivity contribution in [1.29, 1.82) is 0 Å².